The molecule has 28 heavy (non-hydrogen) atoms. The molecular formula is C19H17FN4O3S. The molecule has 0 bridgehead atoms. The molecule has 2 heterocycles. The minimum Gasteiger partial charge on any atom is -0.464 e. The number of halogens is 1. The molecule has 1 amide bonds. The van der Waals surface area contributed by atoms with Crippen LogP contribution in [0.4, 0.5) is 4.39 Å². The lowest BCUT2D eigenvalue weighted by molar-refractivity contribution is -0.142. The molecule has 0 spiro atoms. The molecule has 7 nitrogen and oxygen atoms in total. The van der Waals surface area contributed by atoms with Crippen LogP contribution in [0.3, 0.4) is 0 Å². The molecule has 1 aliphatic rings. The maximum absolute atomic E-state index is 13.3. The lowest BCUT2D eigenvalue weighted by atomic mass is 10.3. The Hall–Kier alpha value is -3.07. The second-order valence-electron chi connectivity index (χ2n) is 6.43. The van der Waals surface area contributed by atoms with Crippen molar-refractivity contribution in [3.63, 3.8) is 0 Å². The van der Waals surface area contributed by atoms with E-state index in [0.29, 0.717) is 24.0 Å². The predicted molar refractivity (Wildman–Crippen MR) is 101 cm³/mol. The Morgan fingerprint density at radius 1 is 1.25 bits per heavy atom. The fraction of sp³-hybridized carbons (Fsp3) is 0.263. The number of ether oxygens (including phenoxy) is 1. The standard InChI is InChI=1S/C19H17FN4O3S/c20-13-5-7-14(8-6-13)24-18(15-2-1-9-28-15)22-17(23-24)19(26)21-10-16(25)27-11-12-3-4-12/h1-2,5-9,12H,3-4,10-11H2,(H,21,26). The fourth-order valence-electron chi connectivity index (χ4n) is 2.51. The van der Waals surface area contributed by atoms with Gasteiger partial charge in [-0.15, -0.1) is 16.4 Å². The molecular weight excluding hydrogens is 383 g/mol. The molecule has 2 aromatic heterocycles. The Morgan fingerprint density at radius 3 is 2.71 bits per heavy atom. The van der Waals surface area contributed by atoms with E-state index < -0.39 is 11.9 Å². The third-order valence-corrected chi connectivity index (χ3v) is 5.06. The number of aromatic nitrogens is 3. The zero-order valence-corrected chi connectivity index (χ0v) is 15.6. The Balaban J connectivity index is 1.52. The van der Waals surface area contributed by atoms with Crippen LogP contribution in [0.2, 0.25) is 0 Å². The van der Waals surface area contributed by atoms with Crippen molar-refractivity contribution < 1.29 is 18.7 Å². The summed E-state index contributed by atoms with van der Waals surface area (Å²) < 4.78 is 19.8. The normalized spacial score (nSPS) is 13.3. The van der Waals surface area contributed by atoms with Crippen molar-refractivity contribution >= 4 is 23.2 Å². The van der Waals surface area contributed by atoms with Crippen LogP contribution in [0.1, 0.15) is 23.5 Å². The molecule has 1 N–H and O–H groups in total. The van der Waals surface area contributed by atoms with Gasteiger partial charge in [0.05, 0.1) is 17.2 Å². The first kappa shape index (κ1) is 18.3. The van der Waals surface area contributed by atoms with Crippen molar-refractivity contribution in [2.75, 3.05) is 13.2 Å². The van der Waals surface area contributed by atoms with E-state index in [9.17, 15) is 14.0 Å². The molecule has 1 aliphatic carbocycles. The first-order chi connectivity index (χ1) is 13.6. The zero-order chi connectivity index (χ0) is 19.5. The van der Waals surface area contributed by atoms with Crippen LogP contribution in [0, 0.1) is 11.7 Å². The molecule has 3 aromatic rings. The number of amides is 1. The maximum Gasteiger partial charge on any atom is 0.325 e. The summed E-state index contributed by atoms with van der Waals surface area (Å²) in [5.74, 6) is -0.602. The summed E-state index contributed by atoms with van der Waals surface area (Å²) in [5.41, 5.74) is 0.570. The topological polar surface area (TPSA) is 86.1 Å². The molecule has 9 heteroatoms. The van der Waals surface area contributed by atoms with Crippen LogP contribution in [0.15, 0.2) is 41.8 Å². The molecule has 0 saturated heterocycles. The van der Waals surface area contributed by atoms with Crippen molar-refractivity contribution in [3.05, 3.63) is 53.4 Å². The van der Waals surface area contributed by atoms with Gasteiger partial charge in [-0.25, -0.2) is 14.1 Å². The average molecular weight is 400 g/mol. The van der Waals surface area contributed by atoms with E-state index in [1.807, 2.05) is 17.5 Å². The van der Waals surface area contributed by atoms with Crippen LogP contribution < -0.4 is 5.32 Å². The van der Waals surface area contributed by atoms with Gasteiger partial charge in [-0.1, -0.05) is 6.07 Å². The van der Waals surface area contributed by atoms with E-state index in [1.165, 1.54) is 28.2 Å². The summed E-state index contributed by atoms with van der Waals surface area (Å²) >= 11 is 1.44. The van der Waals surface area contributed by atoms with Gasteiger partial charge in [-0.3, -0.25) is 9.59 Å². The first-order valence-electron chi connectivity index (χ1n) is 8.81. The number of hydrogen-bond acceptors (Lipinski definition) is 6. The molecule has 1 fully saturated rings. The Labute approximate surface area is 164 Å². The number of thiophene rings is 1. The van der Waals surface area contributed by atoms with Gasteiger partial charge in [0.15, 0.2) is 5.82 Å². The molecule has 1 saturated carbocycles. The second-order valence-corrected chi connectivity index (χ2v) is 7.38. The van der Waals surface area contributed by atoms with E-state index in [1.54, 1.807) is 12.1 Å². The number of esters is 1. The molecule has 1 aromatic carbocycles. The number of carbonyl (C=O) groups excluding carboxylic acids is 2. The van der Waals surface area contributed by atoms with Crippen LogP contribution in [0.5, 0.6) is 0 Å². The number of nitrogens with zero attached hydrogens (tertiary/aromatic N) is 3. The van der Waals surface area contributed by atoms with Crippen molar-refractivity contribution in [2.45, 2.75) is 12.8 Å². The van der Waals surface area contributed by atoms with Gasteiger partial charge in [0.25, 0.3) is 5.91 Å². The second kappa shape index (κ2) is 7.89. The minimum absolute atomic E-state index is 0.0808. The third-order valence-electron chi connectivity index (χ3n) is 4.19. The van der Waals surface area contributed by atoms with Gasteiger partial charge in [0.2, 0.25) is 5.82 Å². The quantitative estimate of drug-likeness (QED) is 0.617. The third kappa shape index (κ3) is 4.25. The van der Waals surface area contributed by atoms with Crippen molar-refractivity contribution in [1.82, 2.24) is 20.1 Å². The summed E-state index contributed by atoms with van der Waals surface area (Å²) in [5, 5.41) is 8.62. The largest absolute Gasteiger partial charge is 0.464 e. The van der Waals surface area contributed by atoms with Crippen LogP contribution in [0.25, 0.3) is 16.4 Å². The van der Waals surface area contributed by atoms with E-state index in [4.69, 9.17) is 4.74 Å². The predicted octanol–water partition coefficient (Wildman–Crippen LogP) is 2.82. The van der Waals surface area contributed by atoms with Crippen LogP contribution in [-0.4, -0.2) is 39.8 Å². The van der Waals surface area contributed by atoms with Crippen LogP contribution in [-0.2, 0) is 9.53 Å². The minimum atomic E-state index is -0.581. The van der Waals surface area contributed by atoms with Crippen molar-refractivity contribution in [1.29, 1.82) is 0 Å². The SMILES string of the molecule is O=C(CNC(=O)c1nc(-c2cccs2)n(-c2ccc(F)cc2)n1)OCC1CC1. The monoisotopic (exact) mass is 400 g/mol. The lowest BCUT2D eigenvalue weighted by Gasteiger charge is -2.04. The molecule has 0 unspecified atom stereocenters. The average Bonchev–Trinajstić information content (AvgIpc) is 3.18. The highest BCUT2D eigenvalue weighted by atomic mass is 32.1. The van der Waals surface area contributed by atoms with E-state index in [-0.39, 0.29) is 18.2 Å². The smallest absolute Gasteiger partial charge is 0.325 e. The highest BCUT2D eigenvalue weighted by Gasteiger charge is 2.24. The van der Waals surface area contributed by atoms with E-state index >= 15 is 0 Å². The Morgan fingerprint density at radius 2 is 2.04 bits per heavy atom. The summed E-state index contributed by atoms with van der Waals surface area (Å²) in [6.45, 7) is 0.152. The molecule has 0 radical (unpaired) electrons. The number of benzene rings is 1. The van der Waals surface area contributed by atoms with Gasteiger partial charge in [-0.05, 0) is 54.5 Å². The molecule has 144 valence electrons. The number of carbonyl (C=O) groups is 2. The molecule has 0 aliphatic heterocycles. The summed E-state index contributed by atoms with van der Waals surface area (Å²) in [7, 11) is 0. The maximum atomic E-state index is 13.3. The van der Waals surface area contributed by atoms with Crippen molar-refractivity contribution in [2.24, 2.45) is 5.92 Å². The zero-order valence-electron chi connectivity index (χ0n) is 14.8. The fourth-order valence-corrected chi connectivity index (χ4v) is 3.21. The molecule has 0 atom stereocenters. The van der Waals surface area contributed by atoms with Gasteiger partial charge in [0, 0.05) is 0 Å². The Bertz CT molecular complexity index is 981. The first-order valence-corrected chi connectivity index (χ1v) is 9.69. The lowest BCUT2D eigenvalue weighted by Crippen LogP contribution is -2.31. The van der Waals surface area contributed by atoms with Gasteiger partial charge in [0.1, 0.15) is 12.4 Å². The van der Waals surface area contributed by atoms with Crippen molar-refractivity contribution in [3.8, 4) is 16.4 Å². The van der Waals surface area contributed by atoms with Gasteiger partial charge < -0.3 is 10.1 Å². The number of hydrogen-bond donors (Lipinski definition) is 1. The number of rotatable bonds is 7. The highest BCUT2D eigenvalue weighted by Crippen LogP contribution is 2.28. The number of nitrogens with one attached hydrogen (secondary N) is 1. The highest BCUT2D eigenvalue weighted by molar-refractivity contribution is 7.13. The summed E-state index contributed by atoms with van der Waals surface area (Å²) in [6, 6.07) is 9.44. The Kier molecular flexibility index (Phi) is 5.16. The van der Waals surface area contributed by atoms with Gasteiger partial charge >= 0.3 is 5.97 Å². The summed E-state index contributed by atoms with van der Waals surface area (Å²) in [4.78, 5) is 29.2. The van der Waals surface area contributed by atoms with E-state index in [2.05, 4.69) is 15.4 Å². The summed E-state index contributed by atoms with van der Waals surface area (Å²) in [6.07, 6.45) is 2.16. The van der Waals surface area contributed by atoms with E-state index in [0.717, 1.165) is 17.7 Å². The molecule has 4 rings (SSSR count). The van der Waals surface area contributed by atoms with Crippen LogP contribution >= 0.6 is 11.3 Å². The van der Waals surface area contributed by atoms with Gasteiger partial charge in [-0.2, -0.15) is 0 Å².